The van der Waals surface area contributed by atoms with Crippen LogP contribution in [0, 0.1) is 6.92 Å². The minimum absolute atomic E-state index is 0.780. The van der Waals surface area contributed by atoms with Crippen LogP contribution in [0.3, 0.4) is 0 Å². The van der Waals surface area contributed by atoms with Crippen molar-refractivity contribution < 1.29 is 0 Å². The van der Waals surface area contributed by atoms with E-state index in [1.165, 1.54) is 0 Å². The highest BCUT2D eigenvalue weighted by atomic mass is 79.9. The highest BCUT2D eigenvalue weighted by molar-refractivity contribution is 9.10. The Kier molecular flexibility index (Phi) is 3.58. The Morgan fingerprint density at radius 1 is 1.57 bits per heavy atom. The zero-order chi connectivity index (χ0) is 10.7. The molecule has 0 aliphatic rings. The van der Waals surface area contributed by atoms with Crippen molar-refractivity contribution in [2.45, 2.75) is 13.8 Å². The smallest absolute Gasteiger partial charge is 0.0491 e. The van der Waals surface area contributed by atoms with E-state index in [0.29, 0.717) is 0 Å². The predicted octanol–water partition coefficient (Wildman–Crippen LogP) is 3.33. The number of nitrogen functional groups attached to an aromatic ring is 1. The third kappa shape index (κ3) is 2.77. The van der Waals surface area contributed by atoms with Gasteiger partial charge >= 0.3 is 0 Å². The number of nitrogens with one attached hydrogen (secondary N) is 1. The molecule has 0 aliphatic heterocycles. The Hall–Kier alpha value is -0.960. The summed E-state index contributed by atoms with van der Waals surface area (Å²) in [6.45, 7) is 8.60. The van der Waals surface area contributed by atoms with E-state index in [1.54, 1.807) is 0 Å². The van der Waals surface area contributed by atoms with Gasteiger partial charge in [-0.1, -0.05) is 12.2 Å². The summed E-state index contributed by atoms with van der Waals surface area (Å²) < 4.78 is 0.988. The molecule has 0 saturated carbocycles. The van der Waals surface area contributed by atoms with Gasteiger partial charge in [-0.05, 0) is 47.5 Å². The first kappa shape index (κ1) is 11.1. The van der Waals surface area contributed by atoms with Gasteiger partial charge in [-0.25, -0.2) is 0 Å². The molecular weight excluding hydrogens is 240 g/mol. The van der Waals surface area contributed by atoms with Crippen LogP contribution in [-0.2, 0) is 0 Å². The Bertz CT molecular complexity index is 359. The number of rotatable bonds is 3. The maximum absolute atomic E-state index is 5.77. The van der Waals surface area contributed by atoms with Gasteiger partial charge in [0, 0.05) is 22.4 Å². The van der Waals surface area contributed by atoms with Gasteiger partial charge in [0.05, 0.1) is 0 Å². The predicted molar refractivity (Wildman–Crippen MR) is 66.6 cm³/mol. The molecule has 0 saturated heterocycles. The monoisotopic (exact) mass is 254 g/mol. The van der Waals surface area contributed by atoms with E-state index in [2.05, 4.69) is 27.8 Å². The Balaban J connectivity index is 2.87. The van der Waals surface area contributed by atoms with E-state index >= 15 is 0 Å². The van der Waals surface area contributed by atoms with E-state index in [1.807, 2.05) is 26.0 Å². The maximum atomic E-state index is 5.77. The second-order valence-corrected chi connectivity index (χ2v) is 4.35. The summed E-state index contributed by atoms with van der Waals surface area (Å²) in [5.74, 6) is 0. The van der Waals surface area contributed by atoms with Crippen molar-refractivity contribution in [3.63, 3.8) is 0 Å². The van der Waals surface area contributed by atoms with Crippen molar-refractivity contribution in [2.75, 3.05) is 17.6 Å². The molecule has 3 heteroatoms. The van der Waals surface area contributed by atoms with Crippen molar-refractivity contribution in [1.82, 2.24) is 0 Å². The van der Waals surface area contributed by atoms with Gasteiger partial charge in [0.25, 0.3) is 0 Å². The van der Waals surface area contributed by atoms with E-state index in [0.717, 1.165) is 33.5 Å². The Labute approximate surface area is 93.3 Å². The molecule has 0 heterocycles. The van der Waals surface area contributed by atoms with Crippen LogP contribution < -0.4 is 11.1 Å². The SMILES string of the molecule is C=C(C)CNc1cc(C)c(N)cc1Br. The van der Waals surface area contributed by atoms with Crippen molar-refractivity contribution in [1.29, 1.82) is 0 Å². The summed E-state index contributed by atoms with van der Waals surface area (Å²) in [6, 6.07) is 3.94. The Morgan fingerprint density at radius 2 is 2.21 bits per heavy atom. The summed E-state index contributed by atoms with van der Waals surface area (Å²) in [5.41, 5.74) is 9.81. The minimum atomic E-state index is 0.780. The summed E-state index contributed by atoms with van der Waals surface area (Å²) >= 11 is 3.46. The topological polar surface area (TPSA) is 38.0 Å². The van der Waals surface area contributed by atoms with Crippen LogP contribution in [-0.4, -0.2) is 6.54 Å². The largest absolute Gasteiger partial charge is 0.398 e. The van der Waals surface area contributed by atoms with Crippen molar-refractivity contribution >= 4 is 27.3 Å². The minimum Gasteiger partial charge on any atom is -0.398 e. The van der Waals surface area contributed by atoms with Crippen LogP contribution in [0.5, 0.6) is 0 Å². The van der Waals surface area contributed by atoms with Crippen LogP contribution in [0.15, 0.2) is 28.8 Å². The van der Waals surface area contributed by atoms with Gasteiger partial charge in [0.1, 0.15) is 0 Å². The number of nitrogens with two attached hydrogens (primary N) is 1. The molecule has 0 spiro atoms. The van der Waals surface area contributed by atoms with Crippen LogP contribution in [0.2, 0.25) is 0 Å². The van der Waals surface area contributed by atoms with Crippen molar-refractivity contribution in [3.8, 4) is 0 Å². The highest BCUT2D eigenvalue weighted by Crippen LogP contribution is 2.27. The zero-order valence-electron chi connectivity index (χ0n) is 8.52. The quantitative estimate of drug-likeness (QED) is 0.642. The first-order chi connectivity index (χ1) is 6.50. The zero-order valence-corrected chi connectivity index (χ0v) is 10.1. The van der Waals surface area contributed by atoms with E-state index < -0.39 is 0 Å². The van der Waals surface area contributed by atoms with Crippen molar-refractivity contribution in [2.24, 2.45) is 0 Å². The molecule has 1 aromatic carbocycles. The average molecular weight is 255 g/mol. The van der Waals surface area contributed by atoms with Crippen molar-refractivity contribution in [3.05, 3.63) is 34.3 Å². The van der Waals surface area contributed by atoms with Gasteiger partial charge in [0.2, 0.25) is 0 Å². The van der Waals surface area contributed by atoms with Gasteiger partial charge in [-0.3, -0.25) is 0 Å². The van der Waals surface area contributed by atoms with Crippen LogP contribution >= 0.6 is 15.9 Å². The fourth-order valence-corrected chi connectivity index (χ4v) is 1.58. The molecule has 0 atom stereocenters. The standard InChI is InChI=1S/C11H15BrN2/c1-7(2)6-14-11-4-8(3)10(13)5-9(11)12/h4-5,14H,1,6,13H2,2-3H3. The van der Waals surface area contributed by atoms with Gasteiger partial charge in [-0.2, -0.15) is 0 Å². The molecule has 0 fully saturated rings. The van der Waals surface area contributed by atoms with Crippen LogP contribution in [0.25, 0.3) is 0 Å². The van der Waals surface area contributed by atoms with Gasteiger partial charge < -0.3 is 11.1 Å². The van der Waals surface area contributed by atoms with Crippen LogP contribution in [0.4, 0.5) is 11.4 Å². The molecule has 0 aliphatic carbocycles. The summed E-state index contributed by atoms with van der Waals surface area (Å²) in [4.78, 5) is 0. The van der Waals surface area contributed by atoms with Gasteiger partial charge in [0.15, 0.2) is 0 Å². The summed E-state index contributed by atoms with van der Waals surface area (Å²) in [7, 11) is 0. The molecule has 0 amide bonds. The lowest BCUT2D eigenvalue weighted by Gasteiger charge is -2.10. The second kappa shape index (κ2) is 4.51. The molecular formula is C11H15BrN2. The molecule has 3 N–H and O–H groups in total. The van der Waals surface area contributed by atoms with Crippen LogP contribution in [0.1, 0.15) is 12.5 Å². The molecule has 2 nitrogen and oxygen atoms in total. The second-order valence-electron chi connectivity index (χ2n) is 3.50. The lowest BCUT2D eigenvalue weighted by atomic mass is 10.2. The highest BCUT2D eigenvalue weighted by Gasteiger charge is 2.02. The molecule has 1 rings (SSSR count). The summed E-state index contributed by atoms with van der Waals surface area (Å²) in [5, 5.41) is 3.28. The normalized spacial score (nSPS) is 9.93. The van der Waals surface area contributed by atoms with E-state index in [9.17, 15) is 0 Å². The molecule has 76 valence electrons. The number of aryl methyl sites for hydroxylation is 1. The molecule has 1 aromatic rings. The lowest BCUT2D eigenvalue weighted by molar-refractivity contribution is 1.21. The number of hydrogen-bond donors (Lipinski definition) is 2. The first-order valence-electron chi connectivity index (χ1n) is 4.44. The third-order valence-electron chi connectivity index (χ3n) is 1.94. The lowest BCUT2D eigenvalue weighted by Crippen LogP contribution is -2.03. The molecule has 0 radical (unpaired) electrons. The van der Waals surface area contributed by atoms with E-state index in [-0.39, 0.29) is 0 Å². The molecule has 0 bridgehead atoms. The molecule has 0 unspecified atom stereocenters. The number of anilines is 2. The summed E-state index contributed by atoms with van der Waals surface area (Å²) in [6.07, 6.45) is 0. The fourth-order valence-electron chi connectivity index (χ4n) is 1.08. The number of benzene rings is 1. The average Bonchev–Trinajstić information content (AvgIpc) is 2.09. The fraction of sp³-hybridized carbons (Fsp3) is 0.273. The first-order valence-corrected chi connectivity index (χ1v) is 5.24. The van der Waals surface area contributed by atoms with E-state index in [4.69, 9.17) is 5.73 Å². The van der Waals surface area contributed by atoms with Gasteiger partial charge in [-0.15, -0.1) is 0 Å². The molecule has 14 heavy (non-hydrogen) atoms. The number of halogens is 1. The Morgan fingerprint density at radius 3 is 2.79 bits per heavy atom. The number of hydrogen-bond acceptors (Lipinski definition) is 2. The molecule has 0 aromatic heterocycles. The maximum Gasteiger partial charge on any atom is 0.0491 e. The third-order valence-corrected chi connectivity index (χ3v) is 2.59.